The molecular weight excluding hydrogens is 330 g/mol. The number of nitrogens with one attached hydrogen (secondary N) is 1. The van der Waals surface area contributed by atoms with Gasteiger partial charge in [-0.25, -0.2) is 8.42 Å². The number of aryl methyl sites for hydroxylation is 1. The van der Waals surface area contributed by atoms with E-state index in [2.05, 4.69) is 15.5 Å². The smallest absolute Gasteiger partial charge is 0.335 e. The van der Waals surface area contributed by atoms with Crippen molar-refractivity contribution in [1.82, 2.24) is 15.5 Å². The molecule has 1 N–H and O–H groups in total. The normalized spacial score (nSPS) is 14.2. The molecule has 130 valence electrons. The molecule has 0 saturated heterocycles. The number of carbonyl (C=O) groups excluding carboxylic acids is 1. The van der Waals surface area contributed by atoms with E-state index in [0.29, 0.717) is 5.56 Å². The van der Waals surface area contributed by atoms with Crippen LogP contribution in [0.4, 0.5) is 0 Å². The summed E-state index contributed by atoms with van der Waals surface area (Å²) in [7, 11) is -3.59. The van der Waals surface area contributed by atoms with Gasteiger partial charge < -0.3 is 9.73 Å². The molecule has 2 atom stereocenters. The van der Waals surface area contributed by atoms with E-state index in [4.69, 9.17) is 4.42 Å². The van der Waals surface area contributed by atoms with E-state index in [1.54, 1.807) is 18.2 Å². The van der Waals surface area contributed by atoms with Crippen LogP contribution in [0.15, 0.2) is 33.9 Å². The number of amides is 1. The van der Waals surface area contributed by atoms with Gasteiger partial charge in [-0.15, -0.1) is 5.10 Å². The molecule has 7 nitrogen and oxygen atoms in total. The molecule has 1 heterocycles. The van der Waals surface area contributed by atoms with Gasteiger partial charge in [0.25, 0.3) is 5.91 Å². The van der Waals surface area contributed by atoms with Crippen molar-refractivity contribution in [3.63, 3.8) is 0 Å². The molecule has 0 bridgehead atoms. The summed E-state index contributed by atoms with van der Waals surface area (Å²) in [5, 5.41) is 9.78. The first-order valence-electron chi connectivity index (χ1n) is 7.63. The average Bonchev–Trinajstić information content (AvgIpc) is 3.01. The van der Waals surface area contributed by atoms with E-state index in [1.165, 1.54) is 0 Å². The van der Waals surface area contributed by atoms with Gasteiger partial charge in [-0.2, -0.15) is 0 Å². The van der Waals surface area contributed by atoms with Crippen LogP contribution in [-0.2, 0) is 9.84 Å². The third-order valence-corrected chi connectivity index (χ3v) is 4.58. The van der Waals surface area contributed by atoms with E-state index >= 15 is 0 Å². The van der Waals surface area contributed by atoms with Crippen molar-refractivity contribution >= 4 is 15.7 Å². The Morgan fingerprint density at radius 1 is 1.33 bits per heavy atom. The lowest BCUT2D eigenvalue weighted by molar-refractivity contribution is 0.0911. The summed E-state index contributed by atoms with van der Waals surface area (Å²) in [6.45, 7) is 5.79. The number of sulfone groups is 1. The van der Waals surface area contributed by atoms with Gasteiger partial charge in [-0.05, 0) is 25.0 Å². The minimum atomic E-state index is -3.59. The van der Waals surface area contributed by atoms with Crippen molar-refractivity contribution in [2.24, 2.45) is 5.92 Å². The minimum Gasteiger partial charge on any atom is -0.410 e. The van der Waals surface area contributed by atoms with Crippen LogP contribution in [0.5, 0.6) is 0 Å². The second kappa shape index (κ2) is 7.12. The summed E-state index contributed by atoms with van der Waals surface area (Å²) in [5.41, 5.74) is 1.49. The van der Waals surface area contributed by atoms with Crippen LogP contribution in [0.1, 0.15) is 48.1 Å². The lowest BCUT2D eigenvalue weighted by Crippen LogP contribution is -2.32. The Morgan fingerprint density at radius 2 is 2.04 bits per heavy atom. The van der Waals surface area contributed by atoms with Gasteiger partial charge in [-0.1, -0.05) is 43.1 Å². The summed E-state index contributed by atoms with van der Waals surface area (Å²) < 4.78 is 28.3. The first-order valence-corrected chi connectivity index (χ1v) is 9.52. The van der Waals surface area contributed by atoms with Gasteiger partial charge in [0.2, 0.25) is 15.7 Å². The van der Waals surface area contributed by atoms with Gasteiger partial charge >= 0.3 is 5.22 Å². The lowest BCUT2D eigenvalue weighted by atomic mass is 9.98. The number of nitrogens with zero attached hydrogens (tertiary/aromatic N) is 2. The highest BCUT2D eigenvalue weighted by molar-refractivity contribution is 7.90. The fraction of sp³-hybridized carbons (Fsp3) is 0.438. The first-order chi connectivity index (χ1) is 11.2. The van der Waals surface area contributed by atoms with Crippen LogP contribution in [0, 0.1) is 12.8 Å². The van der Waals surface area contributed by atoms with Crippen molar-refractivity contribution in [3.8, 4) is 0 Å². The van der Waals surface area contributed by atoms with Crippen LogP contribution in [0.3, 0.4) is 0 Å². The van der Waals surface area contributed by atoms with Crippen LogP contribution in [-0.4, -0.2) is 30.8 Å². The van der Waals surface area contributed by atoms with Crippen LogP contribution in [0.25, 0.3) is 0 Å². The molecule has 8 heteroatoms. The SMILES string of the molecule is CC[C@@H](C)[C@H](NC(=O)c1cccc(C)c1)c1nnc(S(C)(=O)=O)o1. The van der Waals surface area contributed by atoms with Gasteiger partial charge in [0.1, 0.15) is 6.04 Å². The van der Waals surface area contributed by atoms with E-state index in [-0.39, 0.29) is 17.7 Å². The summed E-state index contributed by atoms with van der Waals surface area (Å²) in [4.78, 5) is 12.5. The Balaban J connectivity index is 2.29. The molecule has 2 rings (SSSR count). The van der Waals surface area contributed by atoms with Crippen LogP contribution >= 0.6 is 0 Å². The fourth-order valence-electron chi connectivity index (χ4n) is 2.19. The van der Waals surface area contributed by atoms with E-state index in [1.807, 2.05) is 26.8 Å². The molecule has 0 spiro atoms. The molecule has 0 radical (unpaired) electrons. The minimum absolute atomic E-state index is 0.00776. The highest BCUT2D eigenvalue weighted by atomic mass is 32.2. The first kappa shape index (κ1) is 18.1. The van der Waals surface area contributed by atoms with Crippen molar-refractivity contribution in [1.29, 1.82) is 0 Å². The molecule has 2 aromatic rings. The standard InChI is InChI=1S/C16H21N3O4S/c1-5-11(3)13(15-18-19-16(23-15)24(4,21)22)17-14(20)12-8-6-7-10(2)9-12/h6-9,11,13H,5H2,1-4H3,(H,17,20)/t11-,13+/m1/s1. The van der Waals surface area contributed by atoms with Gasteiger partial charge in [0.05, 0.1) is 0 Å². The van der Waals surface area contributed by atoms with Gasteiger partial charge in [0, 0.05) is 11.8 Å². The zero-order chi connectivity index (χ0) is 17.9. The summed E-state index contributed by atoms with van der Waals surface area (Å²) in [5.74, 6) is -0.194. The van der Waals surface area contributed by atoms with Gasteiger partial charge in [0.15, 0.2) is 0 Å². The zero-order valence-electron chi connectivity index (χ0n) is 14.1. The summed E-state index contributed by atoms with van der Waals surface area (Å²) >= 11 is 0. The predicted octanol–water partition coefficient (Wildman–Crippen LogP) is 2.30. The molecule has 24 heavy (non-hydrogen) atoms. The molecular formula is C16H21N3O4S. The van der Waals surface area contributed by atoms with Gasteiger partial charge in [-0.3, -0.25) is 4.79 Å². The molecule has 0 aliphatic rings. The monoisotopic (exact) mass is 351 g/mol. The molecule has 1 aromatic carbocycles. The van der Waals surface area contributed by atoms with E-state index < -0.39 is 21.1 Å². The Kier molecular flexibility index (Phi) is 5.38. The Labute approximate surface area is 141 Å². The van der Waals surface area contributed by atoms with E-state index in [0.717, 1.165) is 18.2 Å². The topological polar surface area (TPSA) is 102 Å². The molecule has 0 aliphatic heterocycles. The Morgan fingerprint density at radius 3 is 2.58 bits per heavy atom. The maximum Gasteiger partial charge on any atom is 0.335 e. The second-order valence-corrected chi connectivity index (χ2v) is 7.78. The summed E-state index contributed by atoms with van der Waals surface area (Å²) in [6, 6.07) is 6.63. The fourth-order valence-corrected chi connectivity index (χ4v) is 2.62. The highest BCUT2D eigenvalue weighted by Crippen LogP contribution is 2.25. The zero-order valence-corrected chi connectivity index (χ0v) is 14.9. The average molecular weight is 351 g/mol. The van der Waals surface area contributed by atoms with Crippen LogP contribution in [0.2, 0.25) is 0 Å². The second-order valence-electron chi connectivity index (χ2n) is 5.88. The van der Waals surface area contributed by atoms with Crippen molar-refractivity contribution in [2.45, 2.75) is 38.5 Å². The van der Waals surface area contributed by atoms with Crippen molar-refractivity contribution < 1.29 is 17.6 Å². The highest BCUT2D eigenvalue weighted by Gasteiger charge is 2.28. The third kappa shape index (κ3) is 4.19. The third-order valence-electron chi connectivity index (χ3n) is 3.79. The Bertz CT molecular complexity index is 829. The molecule has 0 saturated carbocycles. The number of benzene rings is 1. The number of aromatic nitrogens is 2. The largest absolute Gasteiger partial charge is 0.410 e. The molecule has 1 aromatic heterocycles. The maximum absolute atomic E-state index is 12.5. The van der Waals surface area contributed by atoms with E-state index in [9.17, 15) is 13.2 Å². The predicted molar refractivity (Wildman–Crippen MR) is 88.2 cm³/mol. The molecule has 1 amide bonds. The van der Waals surface area contributed by atoms with Crippen molar-refractivity contribution in [3.05, 3.63) is 41.3 Å². The molecule has 0 unspecified atom stereocenters. The lowest BCUT2D eigenvalue weighted by Gasteiger charge is -2.21. The maximum atomic E-state index is 12.5. The number of hydrogen-bond donors (Lipinski definition) is 1. The van der Waals surface area contributed by atoms with Crippen molar-refractivity contribution in [2.75, 3.05) is 6.26 Å². The molecule has 0 fully saturated rings. The summed E-state index contributed by atoms with van der Waals surface area (Å²) in [6.07, 6.45) is 1.74. The number of hydrogen-bond acceptors (Lipinski definition) is 6. The quantitative estimate of drug-likeness (QED) is 0.857. The number of carbonyl (C=O) groups is 1. The number of rotatable bonds is 6. The Hall–Kier alpha value is -2.22. The van der Waals surface area contributed by atoms with Crippen LogP contribution < -0.4 is 5.32 Å². The molecule has 0 aliphatic carbocycles.